The molecule has 0 aliphatic heterocycles. The van der Waals surface area contributed by atoms with Crippen molar-refractivity contribution < 1.29 is 26.4 Å². The predicted molar refractivity (Wildman–Crippen MR) is 152 cm³/mol. The number of aryl methyl sites for hydroxylation is 1. The van der Waals surface area contributed by atoms with E-state index in [0.717, 1.165) is 11.8 Å². The zero-order valence-electron chi connectivity index (χ0n) is 22.2. The SMILES string of the molecule is CC(C)OC(=O)Nc1ccc(-c2ncc(-c3ccc(CCS(C)(=O)=O)cc3S(=O)(=O)NC(C)(C)C)s2)cc1. The van der Waals surface area contributed by atoms with Gasteiger partial charge in [-0.25, -0.2) is 31.3 Å². The van der Waals surface area contributed by atoms with Crippen molar-refractivity contribution in [2.75, 3.05) is 17.3 Å². The van der Waals surface area contributed by atoms with Gasteiger partial charge in [-0.05, 0) is 76.9 Å². The lowest BCUT2D eigenvalue weighted by molar-refractivity contribution is 0.130. The first-order valence-electron chi connectivity index (χ1n) is 11.9. The Hall–Kier alpha value is -2.80. The quantitative estimate of drug-likeness (QED) is 0.361. The maximum atomic E-state index is 13.4. The molecule has 0 unspecified atom stereocenters. The van der Waals surface area contributed by atoms with E-state index in [1.807, 2.05) is 0 Å². The van der Waals surface area contributed by atoms with E-state index in [9.17, 15) is 21.6 Å². The Kier molecular flexibility index (Phi) is 9.02. The minimum atomic E-state index is -3.93. The summed E-state index contributed by atoms with van der Waals surface area (Å²) in [4.78, 5) is 17.0. The summed E-state index contributed by atoms with van der Waals surface area (Å²) in [7, 11) is -7.13. The average molecular weight is 580 g/mol. The highest BCUT2D eigenvalue weighted by molar-refractivity contribution is 7.90. The van der Waals surface area contributed by atoms with Gasteiger partial charge in [0.05, 0.1) is 21.6 Å². The molecule has 2 aromatic carbocycles. The van der Waals surface area contributed by atoms with Gasteiger partial charge in [0.1, 0.15) is 14.8 Å². The molecule has 2 N–H and O–H groups in total. The normalized spacial score (nSPS) is 12.5. The molecule has 0 radical (unpaired) electrons. The van der Waals surface area contributed by atoms with Gasteiger partial charge in [0.2, 0.25) is 10.0 Å². The van der Waals surface area contributed by atoms with Crippen molar-refractivity contribution in [1.82, 2.24) is 9.71 Å². The van der Waals surface area contributed by atoms with E-state index in [4.69, 9.17) is 4.74 Å². The smallest absolute Gasteiger partial charge is 0.411 e. The van der Waals surface area contributed by atoms with Crippen molar-refractivity contribution in [3.8, 4) is 21.0 Å². The maximum absolute atomic E-state index is 13.4. The van der Waals surface area contributed by atoms with Crippen molar-refractivity contribution in [1.29, 1.82) is 0 Å². The predicted octanol–water partition coefficient (Wildman–Crippen LogP) is 5.10. The second-order valence-electron chi connectivity index (χ2n) is 10.3. The lowest BCUT2D eigenvalue weighted by atomic mass is 10.1. The monoisotopic (exact) mass is 579 g/mol. The van der Waals surface area contributed by atoms with E-state index >= 15 is 0 Å². The van der Waals surface area contributed by atoms with Crippen LogP contribution in [0.15, 0.2) is 53.6 Å². The van der Waals surface area contributed by atoms with Gasteiger partial charge in [-0.15, -0.1) is 11.3 Å². The third-order valence-corrected chi connectivity index (χ3v) is 8.85. The van der Waals surface area contributed by atoms with Crippen LogP contribution in [0.4, 0.5) is 10.5 Å². The zero-order chi connectivity index (χ0) is 28.3. The molecule has 0 bridgehead atoms. The molecule has 38 heavy (non-hydrogen) atoms. The molecule has 9 nitrogen and oxygen atoms in total. The van der Waals surface area contributed by atoms with Gasteiger partial charge in [-0.1, -0.05) is 12.1 Å². The van der Waals surface area contributed by atoms with Crippen molar-refractivity contribution in [2.45, 2.75) is 57.6 Å². The number of amides is 1. The minimum absolute atomic E-state index is 0.0665. The number of aromatic nitrogens is 1. The summed E-state index contributed by atoms with van der Waals surface area (Å²) in [5.41, 5.74) is 1.74. The first-order valence-corrected chi connectivity index (χ1v) is 16.3. The highest BCUT2D eigenvalue weighted by Crippen LogP contribution is 2.36. The fourth-order valence-corrected chi connectivity index (χ4v) is 6.82. The lowest BCUT2D eigenvalue weighted by Crippen LogP contribution is -2.40. The van der Waals surface area contributed by atoms with E-state index in [0.29, 0.717) is 26.7 Å². The molecule has 0 atom stereocenters. The van der Waals surface area contributed by atoms with Crippen molar-refractivity contribution in [2.24, 2.45) is 0 Å². The summed E-state index contributed by atoms with van der Waals surface area (Å²) in [5.74, 6) is -0.0801. The molecule has 1 aromatic heterocycles. The molecule has 0 aliphatic carbocycles. The van der Waals surface area contributed by atoms with E-state index in [-0.39, 0.29) is 23.2 Å². The molecule has 3 rings (SSSR count). The number of sulfone groups is 1. The molecule has 12 heteroatoms. The van der Waals surface area contributed by atoms with E-state index in [2.05, 4.69) is 15.0 Å². The number of rotatable bonds is 9. The third kappa shape index (κ3) is 8.62. The number of thiazole rings is 1. The van der Waals surface area contributed by atoms with Crippen LogP contribution in [0.2, 0.25) is 0 Å². The van der Waals surface area contributed by atoms with Crippen LogP contribution in [-0.2, 0) is 31.0 Å². The highest BCUT2D eigenvalue weighted by atomic mass is 32.2. The number of ether oxygens (including phenoxy) is 1. The van der Waals surface area contributed by atoms with E-state index in [1.165, 1.54) is 17.4 Å². The molecule has 206 valence electrons. The Balaban J connectivity index is 1.94. The number of hydrogen-bond acceptors (Lipinski definition) is 8. The summed E-state index contributed by atoms with van der Waals surface area (Å²) in [6, 6.07) is 12.0. The number of benzene rings is 2. The fourth-order valence-electron chi connectivity index (χ4n) is 3.50. The summed E-state index contributed by atoms with van der Waals surface area (Å²) in [6.45, 7) is 8.79. The largest absolute Gasteiger partial charge is 0.447 e. The molecule has 0 aliphatic rings. The Labute approximate surface area is 228 Å². The Morgan fingerprint density at radius 2 is 1.71 bits per heavy atom. The van der Waals surface area contributed by atoms with Gasteiger partial charge in [-0.2, -0.15) is 0 Å². The molecule has 0 saturated heterocycles. The van der Waals surface area contributed by atoms with E-state index in [1.54, 1.807) is 77.2 Å². The van der Waals surface area contributed by atoms with Gasteiger partial charge >= 0.3 is 6.09 Å². The second kappa shape index (κ2) is 11.5. The highest BCUT2D eigenvalue weighted by Gasteiger charge is 2.26. The van der Waals surface area contributed by atoms with Crippen LogP contribution >= 0.6 is 11.3 Å². The summed E-state index contributed by atoms with van der Waals surface area (Å²) < 4.78 is 57.8. The first kappa shape index (κ1) is 29.8. The van der Waals surface area contributed by atoms with Crippen LogP contribution in [-0.4, -0.2) is 51.6 Å². The maximum Gasteiger partial charge on any atom is 0.411 e. The molecule has 0 spiro atoms. The van der Waals surface area contributed by atoms with Crippen molar-refractivity contribution in [3.63, 3.8) is 0 Å². The van der Waals surface area contributed by atoms with Gasteiger partial charge in [0.15, 0.2) is 0 Å². The summed E-state index contributed by atoms with van der Waals surface area (Å²) in [5, 5.41) is 3.33. The molecule has 1 heterocycles. The van der Waals surface area contributed by atoms with Gasteiger partial charge in [-0.3, -0.25) is 5.32 Å². The summed E-state index contributed by atoms with van der Waals surface area (Å²) in [6.07, 6.45) is 2.20. The van der Waals surface area contributed by atoms with Crippen LogP contribution in [0.5, 0.6) is 0 Å². The van der Waals surface area contributed by atoms with Gasteiger partial charge < -0.3 is 4.74 Å². The molecule has 0 fully saturated rings. The number of nitrogens with one attached hydrogen (secondary N) is 2. The molecular weight excluding hydrogens is 547 g/mol. The van der Waals surface area contributed by atoms with Gasteiger partial charge in [0.25, 0.3) is 0 Å². The van der Waals surface area contributed by atoms with Crippen molar-refractivity contribution in [3.05, 3.63) is 54.2 Å². The minimum Gasteiger partial charge on any atom is -0.447 e. The second-order valence-corrected chi connectivity index (χ2v) is 15.2. The standard InChI is InChI=1S/C26H33N3O6S3/c1-17(2)35-25(30)28-20-10-8-19(9-11-20)24-27-16-22(36-24)21-12-7-18(13-14-37(6,31)32)15-23(21)38(33,34)29-26(3,4)5/h7-12,15-17,29H,13-14H2,1-6H3,(H,28,30). The number of nitrogens with zero attached hydrogens (tertiary/aromatic N) is 1. The van der Waals surface area contributed by atoms with E-state index < -0.39 is 31.5 Å². The third-order valence-electron chi connectivity index (χ3n) is 5.03. The van der Waals surface area contributed by atoms with Crippen LogP contribution in [0, 0.1) is 0 Å². The Bertz CT molecular complexity index is 1500. The number of carbonyl (C=O) groups excluding carboxylic acids is 1. The molecule has 1 amide bonds. The topological polar surface area (TPSA) is 132 Å². The van der Waals surface area contributed by atoms with Crippen LogP contribution < -0.4 is 10.0 Å². The first-order chi connectivity index (χ1) is 17.5. The van der Waals surface area contributed by atoms with Crippen LogP contribution in [0.25, 0.3) is 21.0 Å². The summed E-state index contributed by atoms with van der Waals surface area (Å²) >= 11 is 1.33. The number of sulfonamides is 1. The van der Waals surface area contributed by atoms with Crippen molar-refractivity contribution >= 4 is 43.0 Å². The molecule has 3 aromatic rings. The molecular formula is C26H33N3O6S3. The fraction of sp³-hybridized carbons (Fsp3) is 0.385. The Morgan fingerprint density at radius 1 is 1.05 bits per heavy atom. The van der Waals surface area contributed by atoms with Gasteiger partial charge in [0, 0.05) is 34.8 Å². The molecule has 0 saturated carbocycles. The average Bonchev–Trinajstić information content (AvgIpc) is 3.25. The van der Waals surface area contributed by atoms with Crippen LogP contribution in [0.3, 0.4) is 0 Å². The number of carbonyl (C=O) groups is 1. The zero-order valence-corrected chi connectivity index (χ0v) is 24.7. The number of anilines is 1. The lowest BCUT2D eigenvalue weighted by Gasteiger charge is -2.22. The number of hydrogen-bond donors (Lipinski definition) is 2. The Morgan fingerprint density at radius 3 is 2.29 bits per heavy atom. The van der Waals surface area contributed by atoms with Crippen LogP contribution in [0.1, 0.15) is 40.2 Å².